The first kappa shape index (κ1) is 14.5. The SMILES string of the molecule is O=C(O)c1ccccc1O.[Cu].[Pb]. The molecule has 0 atom stereocenters. The molecule has 0 amide bonds. The first-order chi connectivity index (χ1) is 4.72. The normalized spacial score (nSPS) is 7.67. The van der Waals surface area contributed by atoms with Gasteiger partial charge in [0.25, 0.3) is 0 Å². The van der Waals surface area contributed by atoms with Crippen LogP contribution in [0.2, 0.25) is 0 Å². The van der Waals surface area contributed by atoms with Gasteiger partial charge in [0.05, 0.1) is 0 Å². The molecule has 0 saturated heterocycles. The number of hydrogen-bond acceptors (Lipinski definition) is 2. The van der Waals surface area contributed by atoms with Crippen molar-refractivity contribution in [1.82, 2.24) is 0 Å². The van der Waals surface area contributed by atoms with Crippen LogP contribution < -0.4 is 0 Å². The van der Waals surface area contributed by atoms with Gasteiger partial charge in [-0.15, -0.1) is 0 Å². The zero-order chi connectivity index (χ0) is 7.56. The van der Waals surface area contributed by atoms with Crippen molar-refractivity contribution in [1.29, 1.82) is 0 Å². The van der Waals surface area contributed by atoms with E-state index in [-0.39, 0.29) is 55.7 Å². The molecule has 0 aliphatic carbocycles. The van der Waals surface area contributed by atoms with Crippen molar-refractivity contribution >= 4 is 33.3 Å². The minimum absolute atomic E-state index is 0. The van der Waals surface area contributed by atoms with Gasteiger partial charge in [-0.1, -0.05) is 12.1 Å². The van der Waals surface area contributed by atoms with Gasteiger partial charge in [-0.3, -0.25) is 0 Å². The zero-order valence-corrected chi connectivity index (χ0v) is 10.7. The number of carboxylic acids is 1. The van der Waals surface area contributed by atoms with E-state index in [1.54, 1.807) is 12.1 Å². The fourth-order valence-electron chi connectivity index (χ4n) is 0.654. The van der Waals surface area contributed by atoms with Crippen molar-refractivity contribution in [2.75, 3.05) is 0 Å². The molecule has 5 radical (unpaired) electrons. The number of phenols is 1. The summed E-state index contributed by atoms with van der Waals surface area (Å²) in [5.74, 6) is -1.31. The van der Waals surface area contributed by atoms with E-state index in [2.05, 4.69) is 0 Å². The molecule has 12 heavy (non-hydrogen) atoms. The summed E-state index contributed by atoms with van der Waals surface area (Å²) < 4.78 is 0. The summed E-state index contributed by atoms with van der Waals surface area (Å²) in [5.41, 5.74) is -0.0671. The molecular weight excluding hydrogens is 403 g/mol. The van der Waals surface area contributed by atoms with Crippen molar-refractivity contribution < 1.29 is 32.1 Å². The molecule has 5 heteroatoms. The standard InChI is InChI=1S/C7H6O3.Cu.Pb/c8-6-4-2-1-3-5(6)7(9)10;;/h1-4,8H,(H,9,10);;. The average molecular weight is 409 g/mol. The van der Waals surface area contributed by atoms with Crippen LogP contribution in [-0.2, 0) is 17.1 Å². The number of carbonyl (C=O) groups is 1. The quantitative estimate of drug-likeness (QED) is 0.673. The van der Waals surface area contributed by atoms with E-state index in [0.29, 0.717) is 0 Å². The maximum absolute atomic E-state index is 10.3. The van der Waals surface area contributed by atoms with Gasteiger partial charge in [-0.05, 0) is 12.1 Å². The van der Waals surface area contributed by atoms with E-state index >= 15 is 0 Å². The first-order valence-corrected chi connectivity index (χ1v) is 2.73. The molecule has 0 unspecified atom stereocenters. The summed E-state index contributed by atoms with van der Waals surface area (Å²) in [7, 11) is 0. The third-order valence-corrected chi connectivity index (χ3v) is 1.13. The number of para-hydroxylation sites is 1. The summed E-state index contributed by atoms with van der Waals surface area (Å²) >= 11 is 0. The second-order valence-electron chi connectivity index (χ2n) is 1.82. The van der Waals surface area contributed by atoms with Crippen LogP contribution in [-0.4, -0.2) is 43.5 Å². The minimum Gasteiger partial charge on any atom is -0.507 e. The van der Waals surface area contributed by atoms with Crippen LogP contribution in [0.4, 0.5) is 0 Å². The van der Waals surface area contributed by atoms with Gasteiger partial charge in [0.2, 0.25) is 0 Å². The molecule has 0 fully saturated rings. The molecule has 0 heterocycles. The Hall–Kier alpha value is -0.0684. The summed E-state index contributed by atoms with van der Waals surface area (Å²) in [6, 6.07) is 5.81. The Morgan fingerprint density at radius 1 is 1.25 bits per heavy atom. The summed E-state index contributed by atoms with van der Waals surface area (Å²) in [5, 5.41) is 17.3. The molecule has 0 saturated carbocycles. The predicted molar refractivity (Wildman–Crippen MR) is 40.8 cm³/mol. The van der Waals surface area contributed by atoms with Gasteiger partial charge in [-0.2, -0.15) is 0 Å². The smallest absolute Gasteiger partial charge is 0.339 e. The Bertz CT molecular complexity index is 265. The maximum atomic E-state index is 10.3. The van der Waals surface area contributed by atoms with Crippen LogP contribution in [0.5, 0.6) is 5.75 Å². The molecule has 0 aliphatic heterocycles. The Morgan fingerprint density at radius 3 is 2.08 bits per heavy atom. The molecular formula is C7H6CuO3Pb. The number of carboxylic acid groups (broad SMARTS) is 1. The van der Waals surface area contributed by atoms with Gasteiger partial charge in [0, 0.05) is 44.4 Å². The van der Waals surface area contributed by atoms with Crippen LogP contribution in [0.15, 0.2) is 24.3 Å². The van der Waals surface area contributed by atoms with Gasteiger partial charge < -0.3 is 10.2 Å². The van der Waals surface area contributed by atoms with Gasteiger partial charge in [-0.25, -0.2) is 4.79 Å². The zero-order valence-electron chi connectivity index (χ0n) is 5.91. The van der Waals surface area contributed by atoms with Crippen LogP contribution in [0.3, 0.4) is 0 Å². The molecule has 2 N–H and O–H groups in total. The third kappa shape index (κ3) is 3.55. The van der Waals surface area contributed by atoms with E-state index in [0.717, 1.165) is 0 Å². The van der Waals surface area contributed by atoms with Crippen molar-refractivity contribution in [3.63, 3.8) is 0 Å². The summed E-state index contributed by atoms with van der Waals surface area (Å²) in [6.45, 7) is 0. The third-order valence-electron chi connectivity index (χ3n) is 1.13. The molecule has 67 valence electrons. The molecule has 1 aromatic rings. The molecule has 0 bridgehead atoms. The number of rotatable bonds is 1. The molecule has 1 aromatic carbocycles. The second kappa shape index (κ2) is 6.45. The number of hydrogen-bond donors (Lipinski definition) is 2. The molecule has 0 aliphatic rings. The Labute approximate surface area is 100 Å². The molecule has 1 rings (SSSR count). The first-order valence-electron chi connectivity index (χ1n) is 2.73. The van der Waals surface area contributed by atoms with Crippen LogP contribution in [0.1, 0.15) is 10.4 Å². The van der Waals surface area contributed by atoms with Gasteiger partial charge in [0.1, 0.15) is 11.3 Å². The number of benzene rings is 1. The fraction of sp³-hybridized carbons (Fsp3) is 0. The van der Waals surface area contributed by atoms with Crippen molar-refractivity contribution in [2.24, 2.45) is 0 Å². The van der Waals surface area contributed by atoms with E-state index in [4.69, 9.17) is 10.2 Å². The number of aromatic hydroxyl groups is 1. The summed E-state index contributed by atoms with van der Waals surface area (Å²) in [4.78, 5) is 10.3. The van der Waals surface area contributed by atoms with E-state index in [1.807, 2.05) is 0 Å². The fourth-order valence-corrected chi connectivity index (χ4v) is 0.654. The van der Waals surface area contributed by atoms with Crippen LogP contribution in [0.25, 0.3) is 0 Å². The minimum atomic E-state index is -1.11. The predicted octanol–water partition coefficient (Wildman–Crippen LogP) is 0.707. The van der Waals surface area contributed by atoms with Gasteiger partial charge in [0.15, 0.2) is 0 Å². The average Bonchev–Trinajstić information content (AvgIpc) is 1.88. The maximum Gasteiger partial charge on any atom is 0.339 e. The van der Waals surface area contributed by atoms with E-state index < -0.39 is 5.97 Å². The van der Waals surface area contributed by atoms with Gasteiger partial charge >= 0.3 is 5.97 Å². The van der Waals surface area contributed by atoms with E-state index in [9.17, 15) is 4.79 Å². The van der Waals surface area contributed by atoms with Crippen LogP contribution >= 0.6 is 0 Å². The monoisotopic (exact) mass is 409 g/mol. The largest absolute Gasteiger partial charge is 0.507 e. The molecule has 3 nitrogen and oxygen atoms in total. The van der Waals surface area contributed by atoms with Crippen molar-refractivity contribution in [3.8, 4) is 5.75 Å². The second-order valence-corrected chi connectivity index (χ2v) is 1.82. The Morgan fingerprint density at radius 2 is 1.75 bits per heavy atom. The topological polar surface area (TPSA) is 57.5 Å². The van der Waals surface area contributed by atoms with Crippen LogP contribution in [0, 0.1) is 0 Å². The Kier molecular flexibility index (Phi) is 7.77. The Balaban J connectivity index is 0. The van der Waals surface area contributed by atoms with Crippen molar-refractivity contribution in [2.45, 2.75) is 0 Å². The van der Waals surface area contributed by atoms with Crippen molar-refractivity contribution in [3.05, 3.63) is 29.8 Å². The van der Waals surface area contributed by atoms with E-state index in [1.165, 1.54) is 12.1 Å². The molecule has 0 spiro atoms. The molecule has 0 aromatic heterocycles. The summed E-state index contributed by atoms with van der Waals surface area (Å²) in [6.07, 6.45) is 0. The number of aromatic carboxylic acids is 1.